The van der Waals surface area contributed by atoms with Crippen LogP contribution in [0.1, 0.15) is 59.4 Å². The van der Waals surface area contributed by atoms with E-state index in [9.17, 15) is 39.0 Å². The van der Waals surface area contributed by atoms with Crippen LogP contribution in [0.4, 0.5) is 0 Å². The van der Waals surface area contributed by atoms with Crippen LogP contribution in [0.15, 0.2) is 30.3 Å². The molecule has 0 aliphatic rings. The minimum atomic E-state index is -1.55. The number of aliphatic carboxylic acids is 1. The van der Waals surface area contributed by atoms with Gasteiger partial charge in [-0.1, -0.05) is 64.4 Å². The number of benzene rings is 1. The van der Waals surface area contributed by atoms with Crippen molar-refractivity contribution < 1.29 is 39.0 Å². The molecule has 7 unspecified atom stereocenters. The monoisotopic (exact) mass is 606 g/mol. The van der Waals surface area contributed by atoms with Gasteiger partial charge in [0.05, 0.1) is 18.6 Å². The number of rotatable bonds is 18. The molecule has 14 nitrogen and oxygen atoms in total. The average Bonchev–Trinajstić information content (AvgIpc) is 2.92. The van der Waals surface area contributed by atoms with Crippen molar-refractivity contribution in [3.63, 3.8) is 0 Å². The number of aliphatic hydroxyl groups excluding tert-OH is 1. The minimum Gasteiger partial charge on any atom is -0.480 e. The van der Waals surface area contributed by atoms with E-state index < -0.39 is 78.2 Å². The molecule has 0 radical (unpaired) electrons. The van der Waals surface area contributed by atoms with Gasteiger partial charge in [0.15, 0.2) is 0 Å². The first-order valence-electron chi connectivity index (χ1n) is 14.3. The summed E-state index contributed by atoms with van der Waals surface area (Å²) in [7, 11) is 0. The van der Waals surface area contributed by atoms with Gasteiger partial charge in [0.2, 0.25) is 29.5 Å². The second kappa shape index (κ2) is 17.8. The van der Waals surface area contributed by atoms with Crippen LogP contribution < -0.4 is 32.7 Å². The SMILES string of the molecule is CCC(C)C(NC(=O)C(CC(C)C)NC(=O)C(NC(=O)C(Cc1ccccc1)NC(=O)C(N)CC(N)=O)C(C)O)C(=O)O. The Balaban J connectivity index is 3.19. The summed E-state index contributed by atoms with van der Waals surface area (Å²) in [5.74, 6) is -5.76. The fourth-order valence-corrected chi connectivity index (χ4v) is 4.21. The zero-order valence-electron chi connectivity index (χ0n) is 25.3. The fraction of sp³-hybridized carbons (Fsp3) is 0.586. The first-order valence-corrected chi connectivity index (χ1v) is 14.3. The van der Waals surface area contributed by atoms with Gasteiger partial charge in [-0.3, -0.25) is 24.0 Å². The molecule has 43 heavy (non-hydrogen) atoms. The largest absolute Gasteiger partial charge is 0.480 e. The van der Waals surface area contributed by atoms with Crippen molar-refractivity contribution in [2.75, 3.05) is 0 Å². The van der Waals surface area contributed by atoms with Gasteiger partial charge in [0.1, 0.15) is 24.2 Å². The second-order valence-electron chi connectivity index (χ2n) is 11.2. The van der Waals surface area contributed by atoms with Crippen LogP contribution >= 0.6 is 0 Å². The highest BCUT2D eigenvalue weighted by Crippen LogP contribution is 2.12. The second-order valence-corrected chi connectivity index (χ2v) is 11.2. The van der Waals surface area contributed by atoms with E-state index in [0.29, 0.717) is 12.0 Å². The molecule has 7 atom stereocenters. The molecule has 0 fully saturated rings. The van der Waals surface area contributed by atoms with E-state index in [1.807, 2.05) is 13.8 Å². The number of hydrogen-bond acceptors (Lipinski definition) is 8. The van der Waals surface area contributed by atoms with Gasteiger partial charge in [-0.15, -0.1) is 0 Å². The maximum absolute atomic E-state index is 13.4. The Morgan fingerprint density at radius 3 is 1.81 bits per heavy atom. The summed E-state index contributed by atoms with van der Waals surface area (Å²) in [6.07, 6.45) is -1.26. The van der Waals surface area contributed by atoms with Gasteiger partial charge in [0.25, 0.3) is 0 Å². The Morgan fingerprint density at radius 1 is 0.791 bits per heavy atom. The lowest BCUT2D eigenvalue weighted by molar-refractivity contribution is -0.144. The fourth-order valence-electron chi connectivity index (χ4n) is 4.21. The molecule has 5 amide bonds. The quantitative estimate of drug-likeness (QED) is 0.101. The summed E-state index contributed by atoms with van der Waals surface area (Å²) in [4.78, 5) is 75.4. The molecule has 240 valence electrons. The maximum Gasteiger partial charge on any atom is 0.326 e. The average molecular weight is 607 g/mol. The zero-order valence-corrected chi connectivity index (χ0v) is 25.3. The Hall–Kier alpha value is -4.04. The lowest BCUT2D eigenvalue weighted by Gasteiger charge is -2.29. The molecule has 0 spiro atoms. The number of hydrogen-bond donors (Lipinski definition) is 8. The standard InChI is InChI=1S/C29H46N6O8/c1-6-16(4)23(29(42)43)34-26(39)20(12-15(2)3)33-28(41)24(17(5)36)35-27(40)21(13-18-10-8-7-9-11-18)32-25(38)19(30)14-22(31)37/h7-11,15-17,19-21,23-24,36H,6,12-14,30H2,1-5H3,(H2,31,37)(H,32,38)(H,33,41)(H,34,39)(H,35,40)(H,42,43). The van der Waals surface area contributed by atoms with E-state index in [-0.39, 0.29) is 24.7 Å². The smallest absolute Gasteiger partial charge is 0.326 e. The molecule has 0 heterocycles. The first kappa shape index (κ1) is 37.0. The van der Waals surface area contributed by atoms with Crippen LogP contribution in [0.5, 0.6) is 0 Å². The molecule has 0 saturated carbocycles. The highest BCUT2D eigenvalue weighted by atomic mass is 16.4. The molecule has 14 heteroatoms. The summed E-state index contributed by atoms with van der Waals surface area (Å²) in [6.45, 7) is 8.35. The van der Waals surface area contributed by atoms with Crippen molar-refractivity contribution in [3.05, 3.63) is 35.9 Å². The van der Waals surface area contributed by atoms with Gasteiger partial charge >= 0.3 is 5.97 Å². The number of carboxylic acids is 1. The van der Waals surface area contributed by atoms with E-state index in [4.69, 9.17) is 11.5 Å². The summed E-state index contributed by atoms with van der Waals surface area (Å²) in [6, 6.07) is 2.18. The number of aliphatic hydroxyl groups is 1. The van der Waals surface area contributed by atoms with Crippen molar-refractivity contribution in [2.24, 2.45) is 23.3 Å². The van der Waals surface area contributed by atoms with Crippen molar-refractivity contribution in [1.82, 2.24) is 21.3 Å². The lowest BCUT2D eigenvalue weighted by atomic mass is 9.97. The van der Waals surface area contributed by atoms with Gasteiger partial charge in [0, 0.05) is 6.42 Å². The number of carbonyl (C=O) groups excluding carboxylic acids is 5. The minimum absolute atomic E-state index is 0.0135. The van der Waals surface area contributed by atoms with Crippen LogP contribution in [-0.2, 0) is 35.2 Å². The molecule has 0 saturated heterocycles. The number of amides is 5. The molecule has 0 aliphatic carbocycles. The molecular formula is C29H46N6O8. The molecule has 0 bridgehead atoms. The van der Waals surface area contributed by atoms with Gasteiger partial charge in [-0.2, -0.15) is 0 Å². The summed E-state index contributed by atoms with van der Waals surface area (Å²) < 4.78 is 0. The van der Waals surface area contributed by atoms with E-state index in [1.54, 1.807) is 44.2 Å². The maximum atomic E-state index is 13.4. The number of carboxylic acid groups (broad SMARTS) is 1. The van der Waals surface area contributed by atoms with Crippen LogP contribution in [0.3, 0.4) is 0 Å². The van der Waals surface area contributed by atoms with Crippen LogP contribution in [0, 0.1) is 11.8 Å². The van der Waals surface area contributed by atoms with Crippen LogP contribution in [0.2, 0.25) is 0 Å². The molecule has 1 rings (SSSR count). The Morgan fingerprint density at radius 2 is 1.33 bits per heavy atom. The highest BCUT2D eigenvalue weighted by molar-refractivity contribution is 5.96. The summed E-state index contributed by atoms with van der Waals surface area (Å²) in [5.41, 5.74) is 11.5. The predicted octanol–water partition coefficient (Wildman–Crippen LogP) is -1.07. The first-order chi connectivity index (χ1) is 20.1. The number of carbonyl (C=O) groups is 6. The van der Waals surface area contributed by atoms with Crippen molar-refractivity contribution >= 4 is 35.5 Å². The Labute approximate surface area is 251 Å². The lowest BCUT2D eigenvalue weighted by Crippen LogP contribution is -2.61. The summed E-state index contributed by atoms with van der Waals surface area (Å²) >= 11 is 0. The number of nitrogens with one attached hydrogen (secondary N) is 4. The molecule has 0 aliphatic heterocycles. The third kappa shape index (κ3) is 12.8. The highest BCUT2D eigenvalue weighted by Gasteiger charge is 2.35. The molecule has 1 aromatic rings. The third-order valence-corrected chi connectivity index (χ3v) is 6.85. The van der Waals surface area contributed by atoms with Gasteiger partial charge in [-0.25, -0.2) is 4.79 Å². The molecule has 1 aromatic carbocycles. The van der Waals surface area contributed by atoms with E-state index >= 15 is 0 Å². The predicted molar refractivity (Wildman–Crippen MR) is 158 cm³/mol. The van der Waals surface area contributed by atoms with Crippen molar-refractivity contribution in [2.45, 2.75) is 96.6 Å². The molecule has 0 aromatic heterocycles. The van der Waals surface area contributed by atoms with Crippen molar-refractivity contribution in [3.8, 4) is 0 Å². The Bertz CT molecular complexity index is 1110. The van der Waals surface area contributed by atoms with E-state index in [0.717, 1.165) is 0 Å². The van der Waals surface area contributed by atoms with Crippen LogP contribution in [0.25, 0.3) is 0 Å². The zero-order chi connectivity index (χ0) is 32.9. The summed E-state index contributed by atoms with van der Waals surface area (Å²) in [5, 5.41) is 29.9. The van der Waals surface area contributed by atoms with Crippen LogP contribution in [-0.4, -0.2) is 82.0 Å². The van der Waals surface area contributed by atoms with Gasteiger partial charge < -0.3 is 42.9 Å². The normalized spacial score (nSPS) is 16.0. The third-order valence-electron chi connectivity index (χ3n) is 6.85. The van der Waals surface area contributed by atoms with Crippen molar-refractivity contribution in [1.29, 1.82) is 0 Å². The Kier molecular flexibility index (Phi) is 15.3. The number of primary amides is 1. The molecule has 10 N–H and O–H groups in total. The van der Waals surface area contributed by atoms with E-state index in [2.05, 4.69) is 21.3 Å². The topological polar surface area (TPSA) is 243 Å². The van der Waals surface area contributed by atoms with Gasteiger partial charge in [-0.05, 0) is 30.7 Å². The number of nitrogens with two attached hydrogens (primary N) is 2. The molecular weight excluding hydrogens is 560 g/mol. The van der Waals surface area contributed by atoms with E-state index in [1.165, 1.54) is 6.92 Å².